The van der Waals surface area contributed by atoms with Gasteiger partial charge in [-0.05, 0) is 96.8 Å². The molecule has 0 nitrogen and oxygen atoms in total. The topological polar surface area (TPSA) is 0 Å². The minimum absolute atomic E-state index is 1.03. The number of rotatable bonds is 5. The molecule has 0 aliphatic heterocycles. The first-order chi connectivity index (χ1) is 20.3. The summed E-state index contributed by atoms with van der Waals surface area (Å²) in [7, 11) is 0. The maximum absolute atomic E-state index is 4.26. The molecule has 0 spiro atoms. The van der Waals surface area contributed by atoms with E-state index in [0.29, 0.717) is 0 Å². The summed E-state index contributed by atoms with van der Waals surface area (Å²) in [5, 5.41) is 0. The molecule has 0 heterocycles. The number of allylic oxidation sites excluding steroid dienone is 5. The van der Waals surface area contributed by atoms with Crippen LogP contribution in [-0.4, -0.2) is 0 Å². The van der Waals surface area contributed by atoms with E-state index in [-0.39, 0.29) is 0 Å². The third-order valence-corrected chi connectivity index (χ3v) is 6.13. The van der Waals surface area contributed by atoms with Crippen molar-refractivity contribution >= 4 is 5.57 Å². The summed E-state index contributed by atoms with van der Waals surface area (Å²) in [6.07, 6.45) is 9.40. The molecule has 0 saturated heterocycles. The monoisotopic (exact) mass is 560 g/mol. The van der Waals surface area contributed by atoms with Crippen molar-refractivity contribution in [2.75, 3.05) is 0 Å². The van der Waals surface area contributed by atoms with Crippen LogP contribution in [0.2, 0.25) is 0 Å². The van der Waals surface area contributed by atoms with E-state index in [2.05, 4.69) is 127 Å². The van der Waals surface area contributed by atoms with Gasteiger partial charge in [-0.15, -0.1) is 0 Å². The molecule has 4 aromatic rings. The van der Waals surface area contributed by atoms with Crippen LogP contribution in [-0.2, 0) is 0 Å². The summed E-state index contributed by atoms with van der Waals surface area (Å²) >= 11 is 0. The predicted molar refractivity (Wildman–Crippen MR) is 194 cm³/mol. The van der Waals surface area contributed by atoms with Gasteiger partial charge in [-0.1, -0.05) is 163 Å². The minimum Gasteiger partial charge on any atom is -0.0911 e. The van der Waals surface area contributed by atoms with E-state index >= 15 is 0 Å². The minimum atomic E-state index is 1.03. The summed E-state index contributed by atoms with van der Waals surface area (Å²) in [5.74, 6) is 0. The van der Waals surface area contributed by atoms with Gasteiger partial charge in [-0.25, -0.2) is 0 Å². The Hall–Kier alpha value is -3.90. The van der Waals surface area contributed by atoms with Crippen LogP contribution in [0.5, 0.6) is 0 Å². The lowest BCUT2D eigenvalue weighted by Gasteiger charge is -2.14. The fourth-order valence-corrected chi connectivity index (χ4v) is 4.02. The van der Waals surface area contributed by atoms with Gasteiger partial charge >= 0.3 is 0 Å². The number of benzene rings is 4. The SMILES string of the molecule is C=C(/C=C\C=C/C)c1cc(-c2ccc(C)c(-c3ccccc3C)c2)ccc1C.CC.CC.CCC.Cc1ccccc1. The zero-order valence-corrected chi connectivity index (χ0v) is 28.4. The van der Waals surface area contributed by atoms with Crippen molar-refractivity contribution in [2.24, 2.45) is 0 Å². The summed E-state index contributed by atoms with van der Waals surface area (Å²) in [6, 6.07) is 32.2. The van der Waals surface area contributed by atoms with Crippen molar-refractivity contribution in [3.8, 4) is 22.3 Å². The van der Waals surface area contributed by atoms with Crippen molar-refractivity contribution in [3.63, 3.8) is 0 Å². The zero-order valence-electron chi connectivity index (χ0n) is 28.4. The summed E-state index contributed by atoms with van der Waals surface area (Å²) in [5.41, 5.74) is 12.4. The van der Waals surface area contributed by atoms with Crippen molar-refractivity contribution in [3.05, 3.63) is 150 Å². The average molecular weight is 561 g/mol. The van der Waals surface area contributed by atoms with Gasteiger partial charge in [0.15, 0.2) is 0 Å². The maximum Gasteiger partial charge on any atom is -0.0146 e. The molecule has 0 aliphatic rings. The molecule has 0 saturated carbocycles. The summed E-state index contributed by atoms with van der Waals surface area (Å²) < 4.78 is 0. The zero-order chi connectivity index (χ0) is 31.9. The standard InChI is InChI=1S/C28H28.C7H8.C3H8.2C2H6/c1-6-7-8-11-21(3)27-18-24(16-14-22(27)4)25-17-15-23(5)28(19-25)26-13-10-9-12-20(26)2;1-7-5-3-2-4-6-7;1-3-2;2*1-2/h6-19H,3H2,1-2,4-5H3;2-6H,1H3;3H2,1-2H3;2*1-2H3/b7-6-,11-8-;;;;. The van der Waals surface area contributed by atoms with Crippen LogP contribution in [0.25, 0.3) is 27.8 Å². The van der Waals surface area contributed by atoms with Crippen LogP contribution in [0.4, 0.5) is 0 Å². The van der Waals surface area contributed by atoms with Gasteiger partial charge in [-0.2, -0.15) is 0 Å². The summed E-state index contributed by atoms with van der Waals surface area (Å²) in [6.45, 7) is 27.1. The Morgan fingerprint density at radius 3 is 1.62 bits per heavy atom. The fraction of sp³-hybridized carbons (Fsp3) is 0.286. The molecule has 0 aliphatic carbocycles. The largest absolute Gasteiger partial charge is 0.0911 e. The second kappa shape index (κ2) is 22.8. The van der Waals surface area contributed by atoms with E-state index in [9.17, 15) is 0 Å². The van der Waals surface area contributed by atoms with Gasteiger partial charge < -0.3 is 0 Å². The first kappa shape index (κ1) is 38.1. The third-order valence-electron chi connectivity index (χ3n) is 6.13. The molecule has 0 radical (unpaired) electrons. The highest BCUT2D eigenvalue weighted by atomic mass is 14.1. The molecule has 0 atom stereocenters. The number of hydrogen-bond donors (Lipinski definition) is 0. The van der Waals surface area contributed by atoms with Crippen LogP contribution in [0, 0.1) is 27.7 Å². The smallest absolute Gasteiger partial charge is 0.0146 e. The van der Waals surface area contributed by atoms with E-state index in [0.717, 1.165) is 5.57 Å². The Bertz CT molecular complexity index is 1350. The lowest BCUT2D eigenvalue weighted by atomic mass is 9.91. The highest BCUT2D eigenvalue weighted by Crippen LogP contribution is 2.33. The fourth-order valence-electron chi connectivity index (χ4n) is 4.02. The van der Waals surface area contributed by atoms with Crippen molar-refractivity contribution in [1.82, 2.24) is 0 Å². The Morgan fingerprint density at radius 2 is 1.10 bits per heavy atom. The first-order valence-electron chi connectivity index (χ1n) is 15.6. The van der Waals surface area contributed by atoms with Crippen molar-refractivity contribution in [1.29, 1.82) is 0 Å². The van der Waals surface area contributed by atoms with Gasteiger partial charge in [0.05, 0.1) is 0 Å². The predicted octanol–water partition coefficient (Wildman–Crippen LogP) is 13.6. The Balaban J connectivity index is 0.00000100. The molecule has 0 bridgehead atoms. The summed E-state index contributed by atoms with van der Waals surface area (Å²) in [4.78, 5) is 0. The molecule has 4 aromatic carbocycles. The highest BCUT2D eigenvalue weighted by Gasteiger charge is 2.09. The molecule has 0 unspecified atom stereocenters. The van der Waals surface area contributed by atoms with Crippen molar-refractivity contribution < 1.29 is 0 Å². The Kier molecular flexibility index (Phi) is 20.6. The normalized spacial score (nSPS) is 9.79. The Labute approximate surface area is 259 Å². The van der Waals surface area contributed by atoms with E-state index in [1.54, 1.807) is 0 Å². The Morgan fingerprint density at radius 1 is 0.595 bits per heavy atom. The second-order valence-corrected chi connectivity index (χ2v) is 9.65. The van der Waals surface area contributed by atoms with Crippen LogP contribution in [0.15, 0.2) is 122 Å². The third kappa shape index (κ3) is 13.2. The molecular weight excluding hydrogens is 504 g/mol. The van der Waals surface area contributed by atoms with E-state index < -0.39 is 0 Å². The number of hydrogen-bond acceptors (Lipinski definition) is 0. The van der Waals surface area contributed by atoms with Crippen LogP contribution in [0.1, 0.15) is 82.7 Å². The average Bonchev–Trinajstić information content (AvgIpc) is 3.01. The molecular formula is C42H56. The highest BCUT2D eigenvalue weighted by molar-refractivity contribution is 5.81. The molecule has 224 valence electrons. The molecule has 0 fully saturated rings. The molecule has 0 heteroatoms. The van der Waals surface area contributed by atoms with Crippen LogP contribution >= 0.6 is 0 Å². The van der Waals surface area contributed by atoms with E-state index in [4.69, 9.17) is 0 Å². The van der Waals surface area contributed by atoms with Gasteiger partial charge in [0, 0.05) is 0 Å². The van der Waals surface area contributed by atoms with Crippen LogP contribution < -0.4 is 0 Å². The quantitative estimate of drug-likeness (QED) is 0.213. The molecule has 0 N–H and O–H groups in total. The van der Waals surface area contributed by atoms with E-state index in [1.165, 1.54) is 56.5 Å². The van der Waals surface area contributed by atoms with Gasteiger partial charge in [0.1, 0.15) is 0 Å². The molecule has 0 amide bonds. The first-order valence-corrected chi connectivity index (χ1v) is 15.6. The van der Waals surface area contributed by atoms with Crippen molar-refractivity contribution in [2.45, 2.75) is 82.6 Å². The van der Waals surface area contributed by atoms with E-state index in [1.807, 2.05) is 71.0 Å². The van der Waals surface area contributed by atoms with Gasteiger partial charge in [0.2, 0.25) is 0 Å². The molecule has 0 aromatic heterocycles. The van der Waals surface area contributed by atoms with Gasteiger partial charge in [-0.3, -0.25) is 0 Å². The van der Waals surface area contributed by atoms with Crippen LogP contribution in [0.3, 0.4) is 0 Å². The number of aryl methyl sites for hydroxylation is 4. The van der Waals surface area contributed by atoms with Gasteiger partial charge in [0.25, 0.3) is 0 Å². The second-order valence-electron chi connectivity index (χ2n) is 9.65. The lowest BCUT2D eigenvalue weighted by molar-refractivity contribution is 1.09. The molecule has 4 rings (SSSR count). The lowest BCUT2D eigenvalue weighted by Crippen LogP contribution is -1.91. The maximum atomic E-state index is 4.26. The molecule has 42 heavy (non-hydrogen) atoms.